The van der Waals surface area contributed by atoms with E-state index in [0.29, 0.717) is 19.3 Å². The summed E-state index contributed by atoms with van der Waals surface area (Å²) < 4.78 is 16.6. The molecule has 0 saturated carbocycles. The second-order valence-electron chi connectivity index (χ2n) is 15.3. The maximum absolute atomic E-state index is 12.7. The highest BCUT2D eigenvalue weighted by atomic mass is 16.6. The van der Waals surface area contributed by atoms with Crippen LogP contribution in [0.1, 0.15) is 213 Å². The first-order chi connectivity index (χ1) is 28.0. The van der Waals surface area contributed by atoms with E-state index in [0.717, 1.165) is 89.9 Å². The Balaban J connectivity index is 4.47. The van der Waals surface area contributed by atoms with Gasteiger partial charge in [0.15, 0.2) is 6.10 Å². The SMILES string of the molecule is CCCC/C=C\CCCCCCCC(=O)OC[C@@H](COC(=O)CCC/C=C\C/C=C\C/C=C\C/C=C\CCCCC)OC(=O)CCCCCCC/C=C\CCCC. The summed E-state index contributed by atoms with van der Waals surface area (Å²) in [6.45, 7) is 6.45. The van der Waals surface area contributed by atoms with Gasteiger partial charge in [-0.15, -0.1) is 0 Å². The number of rotatable bonds is 41. The Morgan fingerprint density at radius 3 is 1.12 bits per heavy atom. The summed E-state index contributed by atoms with van der Waals surface area (Å²) in [6, 6.07) is 0. The van der Waals surface area contributed by atoms with Gasteiger partial charge in [0.05, 0.1) is 0 Å². The molecule has 0 radical (unpaired) electrons. The fourth-order valence-corrected chi connectivity index (χ4v) is 6.04. The summed E-state index contributed by atoms with van der Waals surface area (Å²) in [6.07, 6.45) is 56.0. The molecule has 57 heavy (non-hydrogen) atoms. The highest BCUT2D eigenvalue weighted by molar-refractivity contribution is 5.71. The molecule has 0 amide bonds. The van der Waals surface area contributed by atoms with Crippen molar-refractivity contribution in [3.05, 3.63) is 72.9 Å². The molecule has 0 aromatic heterocycles. The molecule has 326 valence electrons. The number of carbonyl (C=O) groups is 3. The molecular formula is C51H86O6. The van der Waals surface area contributed by atoms with E-state index in [4.69, 9.17) is 14.2 Å². The predicted octanol–water partition coefficient (Wildman–Crippen LogP) is 15.1. The Morgan fingerprint density at radius 1 is 0.351 bits per heavy atom. The second kappa shape index (κ2) is 45.6. The van der Waals surface area contributed by atoms with Crippen LogP contribution < -0.4 is 0 Å². The standard InChI is InChI=1S/C51H86O6/c1-4-7-10-13-16-19-22-23-24-25-26-27-30-32-35-38-41-44-50(53)56-47-48(57-51(54)45-42-39-36-33-29-21-18-15-12-9-6-3)46-55-49(52)43-40-37-34-31-28-20-17-14-11-8-5-2/h14-19,23-24,26-27,32,35,48H,4-13,20-22,25,28-31,33-34,36-47H2,1-3H3/b17-14-,18-15-,19-16-,24-23-,27-26-,35-32-/t48-/m0/s1. The molecule has 0 aliphatic heterocycles. The summed E-state index contributed by atoms with van der Waals surface area (Å²) in [5, 5.41) is 0. The number of unbranched alkanes of at least 4 members (excludes halogenated alkanes) is 18. The van der Waals surface area contributed by atoms with Crippen molar-refractivity contribution in [2.75, 3.05) is 13.2 Å². The molecule has 0 saturated heterocycles. The Labute approximate surface area is 351 Å². The minimum absolute atomic E-state index is 0.101. The third-order valence-electron chi connectivity index (χ3n) is 9.65. The highest BCUT2D eigenvalue weighted by Crippen LogP contribution is 2.12. The normalized spacial score (nSPS) is 12.7. The van der Waals surface area contributed by atoms with Crippen LogP contribution in [-0.4, -0.2) is 37.2 Å². The smallest absolute Gasteiger partial charge is 0.306 e. The fraction of sp³-hybridized carbons (Fsp3) is 0.706. The van der Waals surface area contributed by atoms with Gasteiger partial charge in [0.2, 0.25) is 0 Å². The average molecular weight is 795 g/mol. The molecule has 0 heterocycles. The van der Waals surface area contributed by atoms with Crippen molar-refractivity contribution in [3.8, 4) is 0 Å². The van der Waals surface area contributed by atoms with Crippen molar-refractivity contribution in [1.82, 2.24) is 0 Å². The van der Waals surface area contributed by atoms with E-state index >= 15 is 0 Å². The molecule has 6 nitrogen and oxygen atoms in total. The minimum Gasteiger partial charge on any atom is -0.462 e. The van der Waals surface area contributed by atoms with Crippen molar-refractivity contribution in [3.63, 3.8) is 0 Å². The molecule has 0 fully saturated rings. The Bertz CT molecular complexity index is 1100. The molecule has 0 aromatic carbocycles. The first-order valence-corrected chi connectivity index (χ1v) is 23.4. The molecule has 0 aliphatic carbocycles. The summed E-state index contributed by atoms with van der Waals surface area (Å²) in [4.78, 5) is 37.7. The number of carbonyl (C=O) groups excluding carboxylic acids is 3. The van der Waals surface area contributed by atoms with Crippen LogP contribution in [0, 0.1) is 0 Å². The van der Waals surface area contributed by atoms with Crippen molar-refractivity contribution < 1.29 is 28.6 Å². The molecule has 0 aliphatic rings. The van der Waals surface area contributed by atoms with Gasteiger partial charge in [0, 0.05) is 19.3 Å². The maximum Gasteiger partial charge on any atom is 0.306 e. The number of esters is 3. The van der Waals surface area contributed by atoms with Gasteiger partial charge in [0.25, 0.3) is 0 Å². The van der Waals surface area contributed by atoms with Gasteiger partial charge in [-0.3, -0.25) is 14.4 Å². The molecule has 0 aromatic rings. The van der Waals surface area contributed by atoms with E-state index in [1.54, 1.807) is 0 Å². The van der Waals surface area contributed by atoms with Gasteiger partial charge >= 0.3 is 17.9 Å². The van der Waals surface area contributed by atoms with Gasteiger partial charge in [-0.25, -0.2) is 0 Å². The molecule has 0 N–H and O–H groups in total. The van der Waals surface area contributed by atoms with Gasteiger partial charge < -0.3 is 14.2 Å². The first kappa shape index (κ1) is 53.9. The zero-order valence-corrected chi connectivity index (χ0v) is 37.1. The van der Waals surface area contributed by atoms with Crippen LogP contribution >= 0.6 is 0 Å². The average Bonchev–Trinajstić information content (AvgIpc) is 3.21. The third kappa shape index (κ3) is 43.8. The zero-order chi connectivity index (χ0) is 41.5. The van der Waals surface area contributed by atoms with E-state index < -0.39 is 6.10 Å². The molecule has 0 spiro atoms. The summed E-state index contributed by atoms with van der Waals surface area (Å²) in [5.74, 6) is -0.984. The first-order valence-electron chi connectivity index (χ1n) is 23.4. The number of ether oxygens (including phenoxy) is 3. The van der Waals surface area contributed by atoms with E-state index in [1.807, 2.05) is 0 Å². The van der Waals surface area contributed by atoms with Crippen molar-refractivity contribution in [2.24, 2.45) is 0 Å². The summed E-state index contributed by atoms with van der Waals surface area (Å²) in [5.41, 5.74) is 0. The van der Waals surface area contributed by atoms with Crippen LogP contribution in [0.3, 0.4) is 0 Å². The number of hydrogen-bond acceptors (Lipinski definition) is 6. The summed E-state index contributed by atoms with van der Waals surface area (Å²) in [7, 11) is 0. The lowest BCUT2D eigenvalue weighted by atomic mass is 10.1. The van der Waals surface area contributed by atoms with Crippen molar-refractivity contribution >= 4 is 17.9 Å². The van der Waals surface area contributed by atoms with Crippen LogP contribution in [0.4, 0.5) is 0 Å². The van der Waals surface area contributed by atoms with Crippen LogP contribution in [0.5, 0.6) is 0 Å². The molecule has 6 heteroatoms. The lowest BCUT2D eigenvalue weighted by Gasteiger charge is -2.18. The second-order valence-corrected chi connectivity index (χ2v) is 15.3. The van der Waals surface area contributed by atoms with Gasteiger partial charge in [-0.1, -0.05) is 171 Å². The van der Waals surface area contributed by atoms with E-state index in [2.05, 4.69) is 93.7 Å². The lowest BCUT2D eigenvalue weighted by molar-refractivity contribution is -0.167. The highest BCUT2D eigenvalue weighted by Gasteiger charge is 2.19. The van der Waals surface area contributed by atoms with Crippen LogP contribution in [0.15, 0.2) is 72.9 Å². The fourth-order valence-electron chi connectivity index (χ4n) is 6.04. The predicted molar refractivity (Wildman–Crippen MR) is 242 cm³/mol. The topological polar surface area (TPSA) is 78.9 Å². The van der Waals surface area contributed by atoms with Gasteiger partial charge in [-0.05, 0) is 96.3 Å². The van der Waals surface area contributed by atoms with E-state index in [-0.39, 0.29) is 37.5 Å². The Hall–Kier alpha value is -3.15. The Kier molecular flexibility index (Phi) is 43.0. The number of allylic oxidation sites excluding steroid dienone is 12. The van der Waals surface area contributed by atoms with Crippen LogP contribution in [-0.2, 0) is 28.6 Å². The minimum atomic E-state index is -0.802. The van der Waals surface area contributed by atoms with Crippen LogP contribution in [0.25, 0.3) is 0 Å². The third-order valence-corrected chi connectivity index (χ3v) is 9.65. The molecular weight excluding hydrogens is 709 g/mol. The largest absolute Gasteiger partial charge is 0.462 e. The molecule has 0 bridgehead atoms. The van der Waals surface area contributed by atoms with Crippen LogP contribution in [0.2, 0.25) is 0 Å². The van der Waals surface area contributed by atoms with Gasteiger partial charge in [-0.2, -0.15) is 0 Å². The van der Waals surface area contributed by atoms with Gasteiger partial charge in [0.1, 0.15) is 13.2 Å². The quantitative estimate of drug-likeness (QED) is 0.0265. The molecule has 0 unspecified atom stereocenters. The summed E-state index contributed by atoms with van der Waals surface area (Å²) >= 11 is 0. The monoisotopic (exact) mass is 795 g/mol. The maximum atomic E-state index is 12.7. The van der Waals surface area contributed by atoms with E-state index in [1.165, 1.54) is 77.0 Å². The Morgan fingerprint density at radius 2 is 0.667 bits per heavy atom. The molecule has 1 atom stereocenters. The zero-order valence-electron chi connectivity index (χ0n) is 37.1. The van der Waals surface area contributed by atoms with Crippen molar-refractivity contribution in [2.45, 2.75) is 219 Å². The van der Waals surface area contributed by atoms with Crippen molar-refractivity contribution in [1.29, 1.82) is 0 Å². The van der Waals surface area contributed by atoms with E-state index in [9.17, 15) is 14.4 Å². The molecule has 0 rings (SSSR count). The lowest BCUT2D eigenvalue weighted by Crippen LogP contribution is -2.30. The number of hydrogen-bond donors (Lipinski definition) is 0.